The highest BCUT2D eigenvalue weighted by molar-refractivity contribution is 7.14. The Kier molecular flexibility index (Phi) is 7.67. The zero-order valence-corrected chi connectivity index (χ0v) is 22.6. The average Bonchev–Trinajstić information content (AvgIpc) is 3.40. The van der Waals surface area contributed by atoms with Crippen LogP contribution in [0.3, 0.4) is 0 Å². The van der Waals surface area contributed by atoms with Gasteiger partial charge in [-0.15, -0.1) is 11.3 Å². The Labute approximate surface area is 233 Å². The highest BCUT2D eigenvalue weighted by Crippen LogP contribution is 2.33. The normalized spacial score (nSPS) is 13.5. The predicted molar refractivity (Wildman–Crippen MR) is 151 cm³/mol. The summed E-state index contributed by atoms with van der Waals surface area (Å²) in [5.74, 6) is -0.558. The van der Waals surface area contributed by atoms with Gasteiger partial charge in [-0.2, -0.15) is 0 Å². The topological polar surface area (TPSA) is 56.8 Å². The number of rotatable bonds is 5. The minimum absolute atomic E-state index is 0.164. The first kappa shape index (κ1) is 25.5. The van der Waals surface area contributed by atoms with Gasteiger partial charge >= 0.3 is 0 Å². The molecule has 3 aromatic carbocycles. The van der Waals surface area contributed by atoms with Crippen LogP contribution in [-0.4, -0.2) is 47.9 Å². The van der Waals surface area contributed by atoms with E-state index in [1.807, 2.05) is 18.2 Å². The van der Waals surface area contributed by atoms with Crippen LogP contribution in [0.5, 0.6) is 0 Å². The van der Waals surface area contributed by atoms with Gasteiger partial charge in [-0.3, -0.25) is 14.5 Å². The van der Waals surface area contributed by atoms with Gasteiger partial charge in [-0.1, -0.05) is 53.0 Å². The summed E-state index contributed by atoms with van der Waals surface area (Å²) in [6, 6.07) is 21.6. The number of amides is 2. The summed E-state index contributed by atoms with van der Waals surface area (Å²) in [4.78, 5) is 37.0. The number of halogens is 3. The molecule has 5 rings (SSSR count). The Hall–Kier alpha value is -3.10. The molecule has 0 spiro atoms. The van der Waals surface area contributed by atoms with E-state index in [1.54, 1.807) is 46.7 Å². The lowest BCUT2D eigenvalue weighted by Gasteiger charge is -2.35. The van der Waals surface area contributed by atoms with E-state index in [1.165, 1.54) is 22.3 Å². The monoisotopic (exact) mass is 570 g/mol. The SMILES string of the molecule is O=C(c1csc(N(C(=O)c2ccc(Cl)cc2Cl)c2ccc(Cl)cc2)n1)N1CCN(c2ccccc2)CC1. The second-order valence-corrected chi connectivity index (χ2v) is 10.5. The fourth-order valence-corrected chi connectivity index (χ4v) is 5.55. The van der Waals surface area contributed by atoms with Crippen LogP contribution in [0.4, 0.5) is 16.5 Å². The molecule has 6 nitrogen and oxygen atoms in total. The van der Waals surface area contributed by atoms with Crippen LogP contribution in [0.15, 0.2) is 78.2 Å². The quantitative estimate of drug-likeness (QED) is 0.258. The summed E-state index contributed by atoms with van der Waals surface area (Å²) in [6.07, 6.45) is 0. The van der Waals surface area contributed by atoms with Crippen molar-refractivity contribution in [2.75, 3.05) is 36.0 Å². The molecule has 0 N–H and O–H groups in total. The molecule has 0 atom stereocenters. The van der Waals surface area contributed by atoms with Gasteiger partial charge < -0.3 is 9.80 Å². The van der Waals surface area contributed by atoms with Crippen LogP contribution in [0.2, 0.25) is 15.1 Å². The van der Waals surface area contributed by atoms with E-state index in [0.717, 1.165) is 18.8 Å². The molecule has 1 saturated heterocycles. The van der Waals surface area contributed by atoms with Crippen molar-refractivity contribution in [2.24, 2.45) is 0 Å². The molecule has 1 aliphatic rings. The molecule has 2 heterocycles. The van der Waals surface area contributed by atoms with Gasteiger partial charge in [0, 0.05) is 47.3 Å². The number of para-hydroxylation sites is 1. The highest BCUT2D eigenvalue weighted by atomic mass is 35.5. The lowest BCUT2D eigenvalue weighted by atomic mass is 10.2. The van der Waals surface area contributed by atoms with Gasteiger partial charge in [0.25, 0.3) is 11.8 Å². The predicted octanol–water partition coefficient (Wildman–Crippen LogP) is 7.04. The fourth-order valence-electron chi connectivity index (χ4n) is 4.12. The zero-order valence-electron chi connectivity index (χ0n) is 19.5. The number of carbonyl (C=O) groups excluding carboxylic acids is 2. The van der Waals surface area contributed by atoms with E-state index in [2.05, 4.69) is 22.0 Å². The Bertz CT molecular complexity index is 1420. The number of carbonyl (C=O) groups is 2. The number of anilines is 3. The molecule has 0 saturated carbocycles. The molecule has 1 aromatic heterocycles. The minimum Gasteiger partial charge on any atom is -0.368 e. The van der Waals surface area contributed by atoms with Crippen LogP contribution in [0.1, 0.15) is 20.8 Å². The summed E-state index contributed by atoms with van der Waals surface area (Å²) in [6.45, 7) is 2.63. The Balaban J connectivity index is 1.39. The van der Waals surface area contributed by atoms with Gasteiger partial charge in [-0.25, -0.2) is 4.98 Å². The lowest BCUT2D eigenvalue weighted by molar-refractivity contribution is 0.0741. The van der Waals surface area contributed by atoms with E-state index in [9.17, 15) is 9.59 Å². The summed E-state index contributed by atoms with van der Waals surface area (Å²) in [7, 11) is 0. The molecule has 1 aliphatic heterocycles. The largest absolute Gasteiger partial charge is 0.368 e. The maximum Gasteiger partial charge on any atom is 0.273 e. The van der Waals surface area contributed by atoms with Gasteiger partial charge in [0.1, 0.15) is 5.69 Å². The van der Waals surface area contributed by atoms with Crippen molar-refractivity contribution in [3.05, 3.63) is 105 Å². The van der Waals surface area contributed by atoms with Crippen molar-refractivity contribution in [3.8, 4) is 0 Å². The van der Waals surface area contributed by atoms with Crippen LogP contribution in [0.25, 0.3) is 0 Å². The summed E-state index contributed by atoms with van der Waals surface area (Å²) >= 11 is 19.7. The first-order valence-corrected chi connectivity index (χ1v) is 13.5. The van der Waals surface area contributed by atoms with Gasteiger partial charge in [0.2, 0.25) is 0 Å². The fraction of sp³-hybridized carbons (Fsp3) is 0.148. The zero-order chi connectivity index (χ0) is 25.9. The third-order valence-corrected chi connectivity index (χ3v) is 7.67. The van der Waals surface area contributed by atoms with Crippen molar-refractivity contribution in [2.45, 2.75) is 0 Å². The van der Waals surface area contributed by atoms with Crippen molar-refractivity contribution in [1.82, 2.24) is 9.88 Å². The van der Waals surface area contributed by atoms with E-state index in [0.29, 0.717) is 39.6 Å². The van der Waals surface area contributed by atoms with Gasteiger partial charge in [-0.05, 0) is 54.6 Å². The Morgan fingerprint density at radius 1 is 0.838 bits per heavy atom. The van der Waals surface area contributed by atoms with Crippen LogP contribution in [-0.2, 0) is 0 Å². The minimum atomic E-state index is -0.395. The van der Waals surface area contributed by atoms with E-state index in [-0.39, 0.29) is 16.5 Å². The first-order chi connectivity index (χ1) is 17.9. The average molecular weight is 572 g/mol. The van der Waals surface area contributed by atoms with Crippen LogP contribution < -0.4 is 9.80 Å². The Morgan fingerprint density at radius 3 is 2.19 bits per heavy atom. The van der Waals surface area contributed by atoms with Gasteiger partial charge in [0.05, 0.1) is 16.3 Å². The van der Waals surface area contributed by atoms with E-state index < -0.39 is 5.91 Å². The first-order valence-electron chi connectivity index (χ1n) is 11.5. The molecule has 0 radical (unpaired) electrons. The molecule has 4 aromatic rings. The number of nitrogens with zero attached hydrogens (tertiary/aromatic N) is 4. The molecule has 188 valence electrons. The van der Waals surface area contributed by atoms with Crippen molar-refractivity contribution in [1.29, 1.82) is 0 Å². The summed E-state index contributed by atoms with van der Waals surface area (Å²) < 4.78 is 0. The number of hydrogen-bond donors (Lipinski definition) is 0. The third-order valence-electron chi connectivity index (χ3n) is 6.04. The highest BCUT2D eigenvalue weighted by Gasteiger charge is 2.28. The van der Waals surface area contributed by atoms with Crippen molar-refractivity contribution < 1.29 is 9.59 Å². The van der Waals surface area contributed by atoms with Crippen LogP contribution in [0, 0.1) is 0 Å². The van der Waals surface area contributed by atoms with Crippen molar-refractivity contribution in [3.63, 3.8) is 0 Å². The number of piperazine rings is 1. The standard InChI is InChI=1S/C27H21Cl3N4O2S/c28-18-6-9-21(10-7-18)34(25(35)22-11-8-19(29)16-23(22)30)27-31-24(17-37-27)26(36)33-14-12-32(13-15-33)20-4-2-1-3-5-20/h1-11,16-17H,12-15H2. The molecule has 10 heteroatoms. The molecule has 37 heavy (non-hydrogen) atoms. The number of benzene rings is 3. The molecular formula is C27H21Cl3N4O2S. The lowest BCUT2D eigenvalue weighted by Crippen LogP contribution is -2.48. The maximum atomic E-state index is 13.6. The molecular weight excluding hydrogens is 551 g/mol. The molecule has 0 bridgehead atoms. The molecule has 1 fully saturated rings. The van der Waals surface area contributed by atoms with E-state index >= 15 is 0 Å². The summed E-state index contributed by atoms with van der Waals surface area (Å²) in [5.41, 5.74) is 2.25. The van der Waals surface area contributed by atoms with Crippen LogP contribution >= 0.6 is 46.1 Å². The number of hydrogen-bond acceptors (Lipinski definition) is 5. The van der Waals surface area contributed by atoms with Gasteiger partial charge in [0.15, 0.2) is 5.13 Å². The second kappa shape index (κ2) is 11.1. The molecule has 0 aliphatic carbocycles. The smallest absolute Gasteiger partial charge is 0.273 e. The third kappa shape index (κ3) is 5.60. The number of aromatic nitrogens is 1. The second-order valence-electron chi connectivity index (χ2n) is 8.37. The maximum absolute atomic E-state index is 13.6. The summed E-state index contributed by atoms with van der Waals surface area (Å²) in [5, 5.41) is 3.21. The van der Waals surface area contributed by atoms with E-state index in [4.69, 9.17) is 34.8 Å². The molecule has 0 unspecified atom stereocenters. The molecule has 2 amide bonds. The van der Waals surface area contributed by atoms with Crippen molar-refractivity contribution >= 4 is 74.5 Å². The number of thiazole rings is 1. The Morgan fingerprint density at radius 2 is 1.51 bits per heavy atom.